The topological polar surface area (TPSA) is 75.4 Å². The summed E-state index contributed by atoms with van der Waals surface area (Å²) in [6.07, 6.45) is 6.72. The Morgan fingerprint density at radius 2 is 1.88 bits per heavy atom. The van der Waals surface area contributed by atoms with E-state index in [9.17, 15) is 9.59 Å². The molecule has 25 heavy (non-hydrogen) atoms. The number of para-hydroxylation sites is 1. The zero-order valence-electron chi connectivity index (χ0n) is 15.2. The van der Waals surface area contributed by atoms with Gasteiger partial charge in [0, 0.05) is 25.6 Å². The van der Waals surface area contributed by atoms with Gasteiger partial charge >= 0.3 is 0 Å². The van der Waals surface area contributed by atoms with Crippen LogP contribution in [0.15, 0.2) is 24.3 Å². The number of anilines is 1. The Morgan fingerprint density at radius 1 is 1.24 bits per heavy atom. The summed E-state index contributed by atoms with van der Waals surface area (Å²) in [4.78, 5) is 26.8. The minimum Gasteiger partial charge on any atom is -0.339 e. The van der Waals surface area contributed by atoms with Gasteiger partial charge in [0.2, 0.25) is 5.91 Å². The summed E-state index contributed by atoms with van der Waals surface area (Å²) in [5.74, 6) is -0.127. The molecule has 1 unspecified atom stereocenters. The number of rotatable bonds is 6. The number of amides is 2. The molecule has 0 spiro atoms. The van der Waals surface area contributed by atoms with Crippen molar-refractivity contribution in [1.29, 1.82) is 0 Å². The van der Waals surface area contributed by atoms with Crippen LogP contribution in [0.1, 0.15) is 62.2 Å². The van der Waals surface area contributed by atoms with Crippen molar-refractivity contribution in [3.8, 4) is 0 Å². The maximum Gasteiger partial charge on any atom is 0.255 e. The van der Waals surface area contributed by atoms with Gasteiger partial charge in [-0.3, -0.25) is 9.59 Å². The third-order valence-corrected chi connectivity index (χ3v) is 4.70. The maximum absolute atomic E-state index is 12.9. The van der Waals surface area contributed by atoms with Crippen molar-refractivity contribution in [2.45, 2.75) is 64.0 Å². The molecule has 1 aliphatic rings. The van der Waals surface area contributed by atoms with Crippen molar-refractivity contribution in [1.82, 2.24) is 4.90 Å². The Kier molecular flexibility index (Phi) is 8.93. The molecule has 1 aromatic carbocycles. The Bertz CT molecular complexity index is 572. The average molecular weight is 368 g/mol. The molecule has 140 valence electrons. The van der Waals surface area contributed by atoms with Gasteiger partial charge in [-0.1, -0.05) is 31.4 Å². The first-order valence-electron chi connectivity index (χ1n) is 8.90. The number of hydrogen-bond acceptors (Lipinski definition) is 3. The summed E-state index contributed by atoms with van der Waals surface area (Å²) in [5, 5.41) is 2.86. The molecular formula is C19H30ClN3O2. The monoisotopic (exact) mass is 367 g/mol. The molecular weight excluding hydrogens is 338 g/mol. The van der Waals surface area contributed by atoms with Crippen LogP contribution < -0.4 is 11.1 Å². The molecule has 1 aliphatic carbocycles. The third kappa shape index (κ3) is 6.33. The Hall–Kier alpha value is -1.59. The average Bonchev–Trinajstić information content (AvgIpc) is 2.60. The molecule has 0 aliphatic heterocycles. The highest BCUT2D eigenvalue weighted by molar-refractivity contribution is 6.03. The van der Waals surface area contributed by atoms with E-state index in [0.717, 1.165) is 12.8 Å². The van der Waals surface area contributed by atoms with Crippen LogP contribution in [0.2, 0.25) is 0 Å². The van der Waals surface area contributed by atoms with Crippen LogP contribution in [-0.2, 0) is 4.79 Å². The zero-order valence-corrected chi connectivity index (χ0v) is 16.0. The van der Waals surface area contributed by atoms with Gasteiger partial charge in [-0.15, -0.1) is 12.4 Å². The zero-order chi connectivity index (χ0) is 17.5. The lowest BCUT2D eigenvalue weighted by Gasteiger charge is -2.31. The van der Waals surface area contributed by atoms with E-state index < -0.39 is 0 Å². The molecule has 6 heteroatoms. The minimum absolute atomic E-state index is 0. The van der Waals surface area contributed by atoms with E-state index in [4.69, 9.17) is 5.73 Å². The number of nitrogens with one attached hydrogen (secondary N) is 1. The van der Waals surface area contributed by atoms with Crippen molar-refractivity contribution in [2.24, 2.45) is 5.73 Å². The predicted octanol–water partition coefficient (Wildman–Crippen LogP) is 3.58. The number of benzene rings is 1. The van der Waals surface area contributed by atoms with Gasteiger partial charge in [0.25, 0.3) is 5.91 Å². The Morgan fingerprint density at radius 3 is 2.52 bits per heavy atom. The lowest BCUT2D eigenvalue weighted by Crippen LogP contribution is -2.38. The van der Waals surface area contributed by atoms with Crippen molar-refractivity contribution in [2.75, 3.05) is 12.4 Å². The van der Waals surface area contributed by atoms with E-state index in [2.05, 4.69) is 5.32 Å². The lowest BCUT2D eigenvalue weighted by atomic mass is 9.94. The number of carbonyl (C=O) groups is 2. The second-order valence-corrected chi connectivity index (χ2v) is 6.82. The molecule has 1 saturated carbocycles. The standard InChI is InChI=1S/C19H29N3O2.ClH/c1-14(20)12-13-18(23)21-17-11-7-6-10-16(17)19(24)22(2)15-8-4-3-5-9-15;/h6-7,10-11,14-15H,3-5,8-9,12-13,20H2,1-2H3,(H,21,23);1H. The summed E-state index contributed by atoms with van der Waals surface area (Å²) in [5.41, 5.74) is 6.83. The van der Waals surface area contributed by atoms with Crippen molar-refractivity contribution < 1.29 is 9.59 Å². The van der Waals surface area contributed by atoms with Crippen LogP contribution in [0.25, 0.3) is 0 Å². The Labute approximate surface area is 156 Å². The second-order valence-electron chi connectivity index (χ2n) is 6.82. The SMILES string of the molecule is CC(N)CCC(=O)Nc1ccccc1C(=O)N(C)C1CCCCC1.Cl. The van der Waals surface area contributed by atoms with Crippen molar-refractivity contribution >= 4 is 29.9 Å². The lowest BCUT2D eigenvalue weighted by molar-refractivity contribution is -0.116. The highest BCUT2D eigenvalue weighted by Crippen LogP contribution is 2.25. The van der Waals surface area contributed by atoms with E-state index in [1.807, 2.05) is 31.0 Å². The van der Waals surface area contributed by atoms with E-state index in [1.54, 1.807) is 12.1 Å². The molecule has 0 saturated heterocycles. The fraction of sp³-hybridized carbons (Fsp3) is 0.579. The number of hydrogen-bond donors (Lipinski definition) is 2. The summed E-state index contributed by atoms with van der Waals surface area (Å²) in [6, 6.07) is 7.52. The van der Waals surface area contributed by atoms with E-state index in [0.29, 0.717) is 30.1 Å². The van der Waals surface area contributed by atoms with Gasteiger partial charge in [-0.05, 0) is 38.3 Å². The van der Waals surface area contributed by atoms with Gasteiger partial charge < -0.3 is 16.0 Å². The Balaban J connectivity index is 0.00000312. The second kappa shape index (κ2) is 10.4. The quantitative estimate of drug-likeness (QED) is 0.806. The molecule has 1 fully saturated rings. The van der Waals surface area contributed by atoms with Gasteiger partial charge in [0.1, 0.15) is 0 Å². The molecule has 5 nitrogen and oxygen atoms in total. The largest absolute Gasteiger partial charge is 0.339 e. The summed E-state index contributed by atoms with van der Waals surface area (Å²) >= 11 is 0. The van der Waals surface area contributed by atoms with Crippen molar-refractivity contribution in [3.05, 3.63) is 29.8 Å². The summed E-state index contributed by atoms with van der Waals surface area (Å²) in [6.45, 7) is 1.88. The van der Waals surface area contributed by atoms with Crippen molar-refractivity contribution in [3.63, 3.8) is 0 Å². The van der Waals surface area contributed by atoms with Gasteiger partial charge in [0.05, 0.1) is 11.3 Å². The molecule has 2 amide bonds. The van der Waals surface area contributed by atoms with Gasteiger partial charge in [-0.2, -0.15) is 0 Å². The molecule has 1 aromatic rings. The number of carbonyl (C=O) groups excluding carboxylic acids is 2. The molecule has 3 N–H and O–H groups in total. The van der Waals surface area contributed by atoms with E-state index >= 15 is 0 Å². The van der Waals surface area contributed by atoms with Crippen LogP contribution in [-0.4, -0.2) is 35.8 Å². The molecule has 0 bridgehead atoms. The minimum atomic E-state index is -0.104. The van der Waals surface area contributed by atoms with E-state index in [1.165, 1.54) is 19.3 Å². The predicted molar refractivity (Wildman–Crippen MR) is 104 cm³/mol. The van der Waals surface area contributed by atoms with Gasteiger partial charge in [-0.25, -0.2) is 0 Å². The summed E-state index contributed by atoms with van der Waals surface area (Å²) in [7, 11) is 1.87. The third-order valence-electron chi connectivity index (χ3n) is 4.70. The van der Waals surface area contributed by atoms with E-state index in [-0.39, 0.29) is 30.3 Å². The maximum atomic E-state index is 12.9. The summed E-state index contributed by atoms with van der Waals surface area (Å²) < 4.78 is 0. The highest BCUT2D eigenvalue weighted by Gasteiger charge is 2.24. The normalized spacial score (nSPS) is 15.8. The molecule has 0 heterocycles. The number of nitrogens with two attached hydrogens (primary N) is 1. The van der Waals surface area contributed by atoms with Crippen LogP contribution in [0, 0.1) is 0 Å². The number of halogens is 1. The number of nitrogens with zero attached hydrogens (tertiary/aromatic N) is 1. The fourth-order valence-corrected chi connectivity index (χ4v) is 3.17. The smallest absolute Gasteiger partial charge is 0.255 e. The first kappa shape index (κ1) is 21.5. The first-order valence-corrected chi connectivity index (χ1v) is 8.90. The molecule has 2 rings (SSSR count). The first-order chi connectivity index (χ1) is 11.5. The highest BCUT2D eigenvalue weighted by atomic mass is 35.5. The van der Waals surface area contributed by atoms with Crippen LogP contribution in [0.4, 0.5) is 5.69 Å². The van der Waals surface area contributed by atoms with Crippen LogP contribution in [0.3, 0.4) is 0 Å². The fourth-order valence-electron chi connectivity index (χ4n) is 3.17. The van der Waals surface area contributed by atoms with Gasteiger partial charge in [0.15, 0.2) is 0 Å². The molecule has 0 aromatic heterocycles. The molecule has 0 radical (unpaired) electrons. The van der Waals surface area contributed by atoms with Crippen LogP contribution >= 0.6 is 12.4 Å². The molecule has 1 atom stereocenters. The van der Waals surface area contributed by atoms with Crippen LogP contribution in [0.5, 0.6) is 0 Å².